The molecule has 0 aliphatic carbocycles. The topological polar surface area (TPSA) is 32.7 Å². The van der Waals surface area contributed by atoms with Crippen molar-refractivity contribution in [1.29, 1.82) is 0 Å². The molecule has 88 valence electrons. The van der Waals surface area contributed by atoms with Crippen LogP contribution >= 0.6 is 0 Å². The second-order valence-electron chi connectivity index (χ2n) is 5.28. The van der Waals surface area contributed by atoms with Gasteiger partial charge in [0.05, 0.1) is 5.60 Å². The molecule has 3 heteroatoms. The molecule has 2 atom stereocenters. The zero-order chi connectivity index (χ0) is 10.9. The van der Waals surface area contributed by atoms with E-state index >= 15 is 0 Å². The van der Waals surface area contributed by atoms with Crippen molar-refractivity contribution in [3.05, 3.63) is 0 Å². The maximum Gasteiger partial charge on any atom is 0.0699 e. The summed E-state index contributed by atoms with van der Waals surface area (Å²) in [5.41, 5.74) is -0.460. The van der Waals surface area contributed by atoms with Crippen LogP contribution in [0.15, 0.2) is 0 Å². The van der Waals surface area contributed by atoms with Crippen molar-refractivity contribution in [3.63, 3.8) is 0 Å². The van der Waals surface area contributed by atoms with Gasteiger partial charge < -0.3 is 14.7 Å². The van der Waals surface area contributed by atoms with E-state index in [1.54, 1.807) is 7.11 Å². The zero-order valence-electron chi connectivity index (χ0n) is 9.91. The minimum atomic E-state index is -0.460. The molecule has 2 unspecified atom stereocenters. The number of nitrogens with zero attached hydrogens (tertiary/aromatic N) is 1. The maximum absolute atomic E-state index is 10.5. The summed E-state index contributed by atoms with van der Waals surface area (Å²) in [5, 5.41) is 10.5. The predicted octanol–water partition coefficient (Wildman–Crippen LogP) is 1.40. The molecule has 1 N–H and O–H groups in total. The highest BCUT2D eigenvalue weighted by atomic mass is 16.5. The summed E-state index contributed by atoms with van der Waals surface area (Å²) in [6, 6.07) is 1.19. The maximum atomic E-state index is 10.5. The first-order valence-corrected chi connectivity index (χ1v) is 6.08. The number of ether oxygens (including phenoxy) is 1. The van der Waals surface area contributed by atoms with Crippen LogP contribution < -0.4 is 0 Å². The van der Waals surface area contributed by atoms with Crippen molar-refractivity contribution in [3.8, 4) is 0 Å². The van der Waals surface area contributed by atoms with Gasteiger partial charge in [0, 0.05) is 25.8 Å². The zero-order valence-corrected chi connectivity index (χ0v) is 9.91. The van der Waals surface area contributed by atoms with Crippen LogP contribution in [-0.2, 0) is 4.74 Å². The quantitative estimate of drug-likeness (QED) is 0.769. The Labute approximate surface area is 92.4 Å². The standard InChI is InChI=1S/C12H23NO2/c1-13-10-4-3-5-11(13)9-12(14,8-10)6-7-15-2/h10-11,14H,3-9H2,1-2H3. The normalized spacial score (nSPS) is 41.8. The first-order chi connectivity index (χ1) is 7.14. The summed E-state index contributed by atoms with van der Waals surface area (Å²) in [7, 11) is 3.92. The summed E-state index contributed by atoms with van der Waals surface area (Å²) >= 11 is 0. The van der Waals surface area contributed by atoms with Gasteiger partial charge in [-0.2, -0.15) is 0 Å². The fraction of sp³-hybridized carbons (Fsp3) is 1.00. The van der Waals surface area contributed by atoms with Gasteiger partial charge in [-0.15, -0.1) is 0 Å². The van der Waals surface area contributed by atoms with E-state index in [9.17, 15) is 5.11 Å². The first-order valence-electron chi connectivity index (χ1n) is 6.08. The van der Waals surface area contributed by atoms with Crippen LogP contribution in [0, 0.1) is 0 Å². The molecule has 3 nitrogen and oxygen atoms in total. The average Bonchev–Trinajstić information content (AvgIpc) is 2.18. The van der Waals surface area contributed by atoms with Crippen molar-refractivity contribution in [1.82, 2.24) is 4.90 Å². The molecule has 0 aromatic rings. The Morgan fingerprint density at radius 3 is 2.47 bits per heavy atom. The largest absolute Gasteiger partial charge is 0.390 e. The van der Waals surface area contributed by atoms with Gasteiger partial charge in [0.2, 0.25) is 0 Å². The van der Waals surface area contributed by atoms with Crippen LogP contribution in [0.4, 0.5) is 0 Å². The number of methoxy groups -OCH3 is 1. The lowest BCUT2D eigenvalue weighted by molar-refractivity contribution is -0.0944. The molecule has 2 fully saturated rings. The van der Waals surface area contributed by atoms with Gasteiger partial charge in [0.1, 0.15) is 0 Å². The van der Waals surface area contributed by atoms with E-state index in [4.69, 9.17) is 4.74 Å². The van der Waals surface area contributed by atoms with Gasteiger partial charge in [-0.05, 0) is 39.2 Å². The van der Waals surface area contributed by atoms with E-state index in [1.807, 2.05) is 0 Å². The molecule has 2 bridgehead atoms. The number of hydrogen-bond acceptors (Lipinski definition) is 3. The van der Waals surface area contributed by atoms with Gasteiger partial charge in [-0.3, -0.25) is 0 Å². The first kappa shape index (κ1) is 11.4. The number of aliphatic hydroxyl groups is 1. The summed E-state index contributed by atoms with van der Waals surface area (Å²) in [6.45, 7) is 0.680. The second kappa shape index (κ2) is 4.40. The molecule has 2 aliphatic heterocycles. The molecule has 0 saturated carbocycles. The van der Waals surface area contributed by atoms with Crippen LogP contribution in [0.5, 0.6) is 0 Å². The number of fused-ring (bicyclic) bond motifs is 2. The van der Waals surface area contributed by atoms with Crippen LogP contribution in [0.25, 0.3) is 0 Å². The third-order valence-electron chi connectivity index (χ3n) is 4.23. The van der Waals surface area contributed by atoms with Gasteiger partial charge in [-0.25, -0.2) is 0 Å². The number of hydrogen-bond donors (Lipinski definition) is 1. The monoisotopic (exact) mass is 213 g/mol. The smallest absolute Gasteiger partial charge is 0.0699 e. The van der Waals surface area contributed by atoms with E-state index in [0.29, 0.717) is 18.7 Å². The van der Waals surface area contributed by atoms with Crippen LogP contribution in [-0.4, -0.2) is 48.5 Å². The Bertz CT molecular complexity index is 206. The molecule has 2 rings (SSSR count). The highest BCUT2D eigenvalue weighted by Gasteiger charge is 2.43. The van der Waals surface area contributed by atoms with E-state index in [0.717, 1.165) is 19.3 Å². The van der Waals surface area contributed by atoms with Crippen molar-refractivity contribution in [2.24, 2.45) is 0 Å². The minimum Gasteiger partial charge on any atom is -0.390 e. The van der Waals surface area contributed by atoms with E-state index in [-0.39, 0.29) is 0 Å². The highest BCUT2D eigenvalue weighted by molar-refractivity contribution is 4.98. The predicted molar refractivity (Wildman–Crippen MR) is 59.9 cm³/mol. The molecule has 2 heterocycles. The second-order valence-corrected chi connectivity index (χ2v) is 5.28. The molecule has 0 amide bonds. The lowest BCUT2D eigenvalue weighted by atomic mass is 9.74. The molecule has 15 heavy (non-hydrogen) atoms. The Hall–Kier alpha value is -0.120. The summed E-state index contributed by atoms with van der Waals surface area (Å²) < 4.78 is 5.09. The molecule has 0 spiro atoms. The molecule has 2 aliphatic rings. The van der Waals surface area contributed by atoms with Gasteiger partial charge in [0.25, 0.3) is 0 Å². The average molecular weight is 213 g/mol. The Morgan fingerprint density at radius 2 is 1.93 bits per heavy atom. The number of piperidine rings is 2. The van der Waals surface area contributed by atoms with Gasteiger partial charge in [0.15, 0.2) is 0 Å². The summed E-state index contributed by atoms with van der Waals surface area (Å²) in [4.78, 5) is 2.48. The molecule has 0 aromatic carbocycles. The van der Waals surface area contributed by atoms with Crippen molar-refractivity contribution in [2.75, 3.05) is 20.8 Å². The molecular formula is C12H23NO2. The van der Waals surface area contributed by atoms with Crippen molar-refractivity contribution in [2.45, 2.75) is 56.2 Å². The third kappa shape index (κ3) is 2.35. The van der Waals surface area contributed by atoms with Crippen molar-refractivity contribution >= 4 is 0 Å². The van der Waals surface area contributed by atoms with Crippen LogP contribution in [0.2, 0.25) is 0 Å². The fourth-order valence-corrected chi connectivity index (χ4v) is 3.24. The Balaban J connectivity index is 1.99. The van der Waals surface area contributed by atoms with Crippen LogP contribution in [0.3, 0.4) is 0 Å². The van der Waals surface area contributed by atoms with E-state index in [1.165, 1.54) is 19.3 Å². The fourth-order valence-electron chi connectivity index (χ4n) is 3.24. The minimum absolute atomic E-state index is 0.460. The lowest BCUT2D eigenvalue weighted by Gasteiger charge is -2.50. The number of rotatable bonds is 3. The van der Waals surface area contributed by atoms with Gasteiger partial charge >= 0.3 is 0 Å². The summed E-state index contributed by atoms with van der Waals surface area (Å²) in [6.07, 6.45) is 6.50. The van der Waals surface area contributed by atoms with Crippen LogP contribution in [0.1, 0.15) is 38.5 Å². The molecule has 0 radical (unpaired) electrons. The lowest BCUT2D eigenvalue weighted by Crippen LogP contribution is -2.56. The van der Waals surface area contributed by atoms with Crippen molar-refractivity contribution < 1.29 is 9.84 Å². The third-order valence-corrected chi connectivity index (χ3v) is 4.23. The molecule has 0 aromatic heterocycles. The van der Waals surface area contributed by atoms with E-state index in [2.05, 4.69) is 11.9 Å². The highest BCUT2D eigenvalue weighted by Crippen LogP contribution is 2.39. The van der Waals surface area contributed by atoms with Gasteiger partial charge in [-0.1, -0.05) is 6.42 Å². The SMILES string of the molecule is COCCC1(O)CC2CCCC(C1)N2C. The molecule has 2 saturated heterocycles. The molecular weight excluding hydrogens is 190 g/mol. The Morgan fingerprint density at radius 1 is 1.33 bits per heavy atom. The van der Waals surface area contributed by atoms with E-state index < -0.39 is 5.60 Å². The summed E-state index contributed by atoms with van der Waals surface area (Å²) in [5.74, 6) is 0. The Kier molecular flexibility index (Phi) is 3.33.